The monoisotopic (exact) mass is 379 g/mol. The first-order valence-corrected chi connectivity index (χ1v) is 7.88. The van der Waals surface area contributed by atoms with Crippen LogP contribution < -0.4 is 10.6 Å². The van der Waals surface area contributed by atoms with E-state index in [4.69, 9.17) is 11.6 Å². The Morgan fingerprint density at radius 3 is 2.42 bits per heavy atom. The summed E-state index contributed by atoms with van der Waals surface area (Å²) in [5.41, 5.74) is -0.0132. The van der Waals surface area contributed by atoms with Crippen LogP contribution in [0, 0.1) is 0 Å². The molecule has 0 saturated heterocycles. The van der Waals surface area contributed by atoms with Gasteiger partial charge in [0, 0.05) is 30.0 Å². The number of nitrogens with one attached hydrogen (secondary N) is 2. The molecular weight excluding hydrogens is 367 g/mol. The maximum Gasteiger partial charge on any atom is 0.418 e. The van der Waals surface area contributed by atoms with Gasteiger partial charge in [0.05, 0.1) is 11.3 Å². The predicted octanol–water partition coefficient (Wildman–Crippen LogP) is 4.90. The van der Waals surface area contributed by atoms with Gasteiger partial charge in [0.2, 0.25) is 0 Å². The molecule has 9 heteroatoms. The molecule has 0 spiro atoms. The van der Waals surface area contributed by atoms with Gasteiger partial charge in [-0.25, -0.2) is 9.97 Å². The van der Waals surface area contributed by atoms with Crippen molar-refractivity contribution in [2.45, 2.75) is 12.7 Å². The average Bonchev–Trinajstić information content (AvgIpc) is 2.62. The van der Waals surface area contributed by atoms with Crippen molar-refractivity contribution in [1.82, 2.24) is 15.0 Å². The van der Waals surface area contributed by atoms with E-state index in [1.807, 2.05) is 12.1 Å². The molecule has 0 atom stereocenters. The van der Waals surface area contributed by atoms with E-state index in [0.717, 1.165) is 11.6 Å². The molecule has 5 nitrogen and oxygen atoms in total. The molecule has 0 fully saturated rings. The van der Waals surface area contributed by atoms with Gasteiger partial charge >= 0.3 is 6.18 Å². The molecule has 0 radical (unpaired) electrons. The summed E-state index contributed by atoms with van der Waals surface area (Å²) in [6.07, 6.45) is 0.0649. The molecule has 1 aromatic carbocycles. The van der Waals surface area contributed by atoms with Crippen LogP contribution in [0.25, 0.3) is 0 Å². The van der Waals surface area contributed by atoms with Crippen LogP contribution in [0.2, 0.25) is 5.02 Å². The van der Waals surface area contributed by atoms with Gasteiger partial charge in [0.1, 0.15) is 18.0 Å². The molecule has 26 heavy (non-hydrogen) atoms. The molecular formula is C17H13ClF3N5. The number of anilines is 3. The summed E-state index contributed by atoms with van der Waals surface area (Å²) in [6, 6.07) is 8.72. The third kappa shape index (κ3) is 4.60. The van der Waals surface area contributed by atoms with Gasteiger partial charge in [0.15, 0.2) is 0 Å². The van der Waals surface area contributed by atoms with Crippen molar-refractivity contribution in [3.05, 3.63) is 71.3 Å². The van der Waals surface area contributed by atoms with E-state index in [0.29, 0.717) is 12.4 Å². The Morgan fingerprint density at radius 2 is 1.69 bits per heavy atom. The second-order valence-corrected chi connectivity index (χ2v) is 5.75. The van der Waals surface area contributed by atoms with Gasteiger partial charge in [-0.05, 0) is 35.9 Å². The lowest BCUT2D eigenvalue weighted by atomic mass is 10.1. The number of hydrogen-bond donors (Lipinski definition) is 2. The highest BCUT2D eigenvalue weighted by Gasteiger charge is 2.33. The molecule has 0 amide bonds. The van der Waals surface area contributed by atoms with Crippen molar-refractivity contribution in [1.29, 1.82) is 0 Å². The summed E-state index contributed by atoms with van der Waals surface area (Å²) in [5, 5.41) is 5.75. The fourth-order valence-corrected chi connectivity index (χ4v) is 2.39. The SMILES string of the molecule is FC(F)(F)c1cc(Cl)ccc1Nc1cc(NCc2ccncc2)ncn1. The molecule has 2 aromatic heterocycles. The number of rotatable bonds is 5. The number of benzene rings is 1. The molecule has 2 N–H and O–H groups in total. The molecule has 0 aliphatic heterocycles. The third-order valence-corrected chi connectivity index (χ3v) is 3.67. The molecule has 0 bridgehead atoms. The summed E-state index contributed by atoms with van der Waals surface area (Å²) in [4.78, 5) is 12.0. The van der Waals surface area contributed by atoms with Gasteiger partial charge in [-0.1, -0.05) is 11.6 Å². The van der Waals surface area contributed by atoms with E-state index >= 15 is 0 Å². The Kier molecular flexibility index (Phi) is 5.22. The zero-order valence-electron chi connectivity index (χ0n) is 13.3. The third-order valence-electron chi connectivity index (χ3n) is 3.44. The molecule has 0 aliphatic carbocycles. The minimum atomic E-state index is -4.54. The molecule has 2 heterocycles. The molecule has 3 rings (SSSR count). The van der Waals surface area contributed by atoms with Gasteiger partial charge in [-0.15, -0.1) is 0 Å². The van der Waals surface area contributed by atoms with Crippen molar-refractivity contribution < 1.29 is 13.2 Å². The van der Waals surface area contributed by atoms with Crippen LogP contribution in [0.15, 0.2) is 55.1 Å². The summed E-state index contributed by atoms with van der Waals surface area (Å²) >= 11 is 5.68. The quantitative estimate of drug-likeness (QED) is 0.660. The summed E-state index contributed by atoms with van der Waals surface area (Å²) in [6.45, 7) is 0.494. The first-order chi connectivity index (χ1) is 12.4. The Labute approximate surface area is 152 Å². The van der Waals surface area contributed by atoms with Crippen LogP contribution in [0.5, 0.6) is 0 Å². The second kappa shape index (κ2) is 7.57. The van der Waals surface area contributed by atoms with Gasteiger partial charge in [0.25, 0.3) is 0 Å². The Balaban J connectivity index is 1.77. The summed E-state index contributed by atoms with van der Waals surface area (Å²) in [7, 11) is 0. The summed E-state index contributed by atoms with van der Waals surface area (Å²) < 4.78 is 39.5. The highest BCUT2D eigenvalue weighted by atomic mass is 35.5. The van der Waals surface area contributed by atoms with Crippen molar-refractivity contribution >= 4 is 28.9 Å². The normalized spacial score (nSPS) is 11.2. The first-order valence-electron chi connectivity index (χ1n) is 7.50. The number of hydrogen-bond acceptors (Lipinski definition) is 5. The van der Waals surface area contributed by atoms with Gasteiger partial charge in [-0.2, -0.15) is 13.2 Å². The minimum Gasteiger partial charge on any atom is -0.366 e. The largest absolute Gasteiger partial charge is 0.418 e. The number of halogens is 4. The minimum absolute atomic E-state index is 0.00488. The highest BCUT2D eigenvalue weighted by molar-refractivity contribution is 6.30. The second-order valence-electron chi connectivity index (χ2n) is 5.31. The topological polar surface area (TPSA) is 62.7 Å². The van der Waals surface area contributed by atoms with Crippen LogP contribution in [0.1, 0.15) is 11.1 Å². The fourth-order valence-electron chi connectivity index (χ4n) is 2.21. The van der Waals surface area contributed by atoms with Crippen molar-refractivity contribution in [2.75, 3.05) is 10.6 Å². The number of pyridine rings is 1. The maximum atomic E-state index is 13.2. The molecule has 0 saturated carbocycles. The molecule has 0 unspecified atom stereocenters. The number of nitrogens with zero attached hydrogens (tertiary/aromatic N) is 3. The van der Waals surface area contributed by atoms with E-state index in [1.54, 1.807) is 12.4 Å². The van der Waals surface area contributed by atoms with E-state index in [2.05, 4.69) is 25.6 Å². The smallest absolute Gasteiger partial charge is 0.366 e. The molecule has 3 aromatic rings. The fraction of sp³-hybridized carbons (Fsp3) is 0.118. The lowest BCUT2D eigenvalue weighted by Crippen LogP contribution is -2.09. The molecule has 134 valence electrons. The number of alkyl halides is 3. The number of aromatic nitrogens is 3. The standard InChI is InChI=1S/C17H13ClF3N5/c18-12-1-2-14(13(7-12)17(19,20)21)26-16-8-15(24-10-25-16)23-9-11-3-5-22-6-4-11/h1-8,10H,9H2,(H2,23,24,25,26). The van der Waals surface area contributed by atoms with E-state index in [1.165, 1.54) is 24.5 Å². The summed E-state index contributed by atoms with van der Waals surface area (Å²) in [5.74, 6) is 0.701. The van der Waals surface area contributed by atoms with E-state index in [-0.39, 0.29) is 16.5 Å². The van der Waals surface area contributed by atoms with E-state index < -0.39 is 11.7 Å². The van der Waals surface area contributed by atoms with Crippen LogP contribution >= 0.6 is 11.6 Å². The van der Waals surface area contributed by atoms with Crippen molar-refractivity contribution in [3.8, 4) is 0 Å². The van der Waals surface area contributed by atoms with Gasteiger partial charge in [-0.3, -0.25) is 4.98 Å². The van der Waals surface area contributed by atoms with Crippen LogP contribution in [-0.2, 0) is 12.7 Å². The Morgan fingerprint density at radius 1 is 0.962 bits per heavy atom. The Bertz CT molecular complexity index is 887. The Hall–Kier alpha value is -2.87. The maximum absolute atomic E-state index is 13.2. The first kappa shape index (κ1) is 17.9. The van der Waals surface area contributed by atoms with Crippen LogP contribution in [0.4, 0.5) is 30.5 Å². The van der Waals surface area contributed by atoms with Crippen molar-refractivity contribution in [3.63, 3.8) is 0 Å². The van der Waals surface area contributed by atoms with Crippen LogP contribution in [0.3, 0.4) is 0 Å². The predicted molar refractivity (Wildman–Crippen MR) is 93.3 cm³/mol. The average molecular weight is 380 g/mol. The molecule has 0 aliphatic rings. The van der Waals surface area contributed by atoms with Crippen molar-refractivity contribution in [2.24, 2.45) is 0 Å². The lowest BCUT2D eigenvalue weighted by molar-refractivity contribution is -0.136. The highest BCUT2D eigenvalue weighted by Crippen LogP contribution is 2.37. The zero-order chi connectivity index (χ0) is 18.6. The zero-order valence-corrected chi connectivity index (χ0v) is 14.0. The lowest BCUT2D eigenvalue weighted by Gasteiger charge is -2.15. The van der Waals surface area contributed by atoms with Gasteiger partial charge < -0.3 is 10.6 Å². The van der Waals surface area contributed by atoms with E-state index in [9.17, 15) is 13.2 Å². The van der Waals surface area contributed by atoms with Crippen LogP contribution in [-0.4, -0.2) is 15.0 Å².